The zero-order valence-corrected chi connectivity index (χ0v) is 13.5. The van der Waals surface area contributed by atoms with Gasteiger partial charge in [0, 0.05) is 0 Å². The summed E-state index contributed by atoms with van der Waals surface area (Å²) >= 11 is 0. The first-order chi connectivity index (χ1) is 10.2. The highest BCUT2D eigenvalue weighted by Crippen LogP contribution is 2.27. The van der Waals surface area contributed by atoms with Gasteiger partial charge in [0.2, 0.25) is 0 Å². The highest BCUT2D eigenvalue weighted by atomic mass is 16.7. The van der Waals surface area contributed by atoms with E-state index in [1.54, 1.807) is 0 Å². The fourth-order valence-electron chi connectivity index (χ4n) is 2.81. The summed E-state index contributed by atoms with van der Waals surface area (Å²) in [7, 11) is 0. The Morgan fingerprint density at radius 3 is 2.38 bits per heavy atom. The first-order valence-corrected chi connectivity index (χ1v) is 8.25. The molecule has 0 spiro atoms. The Hall–Kier alpha value is -1.12. The summed E-state index contributed by atoms with van der Waals surface area (Å²) in [5.41, 5.74) is 2.50. The second-order valence-electron chi connectivity index (χ2n) is 6.05. The first kappa shape index (κ1) is 16.3. The predicted molar refractivity (Wildman–Crippen MR) is 88.1 cm³/mol. The molecule has 1 unspecified atom stereocenters. The molecule has 2 nitrogen and oxygen atoms in total. The van der Waals surface area contributed by atoms with Gasteiger partial charge in [-0.1, -0.05) is 56.2 Å². The molecule has 116 valence electrons. The van der Waals surface area contributed by atoms with E-state index in [9.17, 15) is 0 Å². The van der Waals surface area contributed by atoms with Crippen LogP contribution in [0.25, 0.3) is 6.08 Å². The van der Waals surface area contributed by atoms with Crippen LogP contribution in [0.15, 0.2) is 35.9 Å². The highest BCUT2D eigenvalue weighted by Gasteiger charge is 2.27. The molecule has 0 saturated carbocycles. The maximum absolute atomic E-state index is 6.03. The zero-order valence-electron chi connectivity index (χ0n) is 13.5. The molecule has 1 heterocycles. The Morgan fingerprint density at radius 2 is 1.76 bits per heavy atom. The average Bonchev–Trinajstić information content (AvgIpc) is 2.46. The molecular formula is C19H28O2. The van der Waals surface area contributed by atoms with Crippen LogP contribution in [0.3, 0.4) is 0 Å². The van der Waals surface area contributed by atoms with Gasteiger partial charge in [-0.05, 0) is 44.2 Å². The van der Waals surface area contributed by atoms with Crippen molar-refractivity contribution in [2.24, 2.45) is 0 Å². The van der Waals surface area contributed by atoms with Gasteiger partial charge < -0.3 is 9.47 Å². The van der Waals surface area contributed by atoms with E-state index in [1.165, 1.54) is 30.4 Å². The topological polar surface area (TPSA) is 18.5 Å². The van der Waals surface area contributed by atoms with Crippen molar-refractivity contribution >= 4 is 6.08 Å². The summed E-state index contributed by atoms with van der Waals surface area (Å²) in [6, 6.07) is 10.5. The van der Waals surface area contributed by atoms with Crippen LogP contribution in [0.1, 0.15) is 58.4 Å². The van der Waals surface area contributed by atoms with Crippen LogP contribution < -0.4 is 0 Å². The molecule has 1 fully saturated rings. The van der Waals surface area contributed by atoms with Crippen molar-refractivity contribution in [3.05, 3.63) is 41.5 Å². The van der Waals surface area contributed by atoms with Crippen LogP contribution in [0.5, 0.6) is 0 Å². The first-order valence-electron chi connectivity index (χ1n) is 8.25. The van der Waals surface area contributed by atoms with E-state index in [1.807, 2.05) is 6.07 Å². The van der Waals surface area contributed by atoms with Crippen LogP contribution in [-0.4, -0.2) is 18.5 Å². The second-order valence-corrected chi connectivity index (χ2v) is 6.05. The Balaban J connectivity index is 2.13. The van der Waals surface area contributed by atoms with Crippen LogP contribution in [0, 0.1) is 0 Å². The molecule has 1 aliphatic rings. The molecule has 2 rings (SSSR count). The van der Waals surface area contributed by atoms with Crippen molar-refractivity contribution in [2.45, 2.75) is 71.4 Å². The lowest BCUT2D eigenvalue weighted by molar-refractivity contribution is -0.215. The minimum Gasteiger partial charge on any atom is -0.346 e. The largest absolute Gasteiger partial charge is 0.346 e. The fraction of sp³-hybridized carbons (Fsp3) is 0.579. The van der Waals surface area contributed by atoms with Gasteiger partial charge in [0.25, 0.3) is 0 Å². The molecule has 0 radical (unpaired) electrons. The maximum Gasteiger partial charge on any atom is 0.180 e. The lowest BCUT2D eigenvalue weighted by Gasteiger charge is -2.34. The maximum atomic E-state index is 6.03. The summed E-state index contributed by atoms with van der Waals surface area (Å²) in [5, 5.41) is 0. The molecule has 0 aromatic heterocycles. The van der Waals surface area contributed by atoms with Crippen molar-refractivity contribution < 1.29 is 9.47 Å². The van der Waals surface area contributed by atoms with Crippen molar-refractivity contribution in [2.75, 3.05) is 0 Å². The third kappa shape index (κ3) is 5.29. The van der Waals surface area contributed by atoms with Crippen LogP contribution >= 0.6 is 0 Å². The van der Waals surface area contributed by atoms with Gasteiger partial charge in [0.15, 0.2) is 6.29 Å². The van der Waals surface area contributed by atoms with E-state index in [4.69, 9.17) is 9.47 Å². The number of hydrogen-bond donors (Lipinski definition) is 0. The van der Waals surface area contributed by atoms with E-state index in [0.717, 1.165) is 12.8 Å². The molecule has 1 aromatic carbocycles. The van der Waals surface area contributed by atoms with E-state index >= 15 is 0 Å². The normalized spacial score (nSPS) is 26.8. The van der Waals surface area contributed by atoms with E-state index in [-0.39, 0.29) is 18.5 Å². The highest BCUT2D eigenvalue weighted by molar-refractivity contribution is 5.53. The molecule has 1 saturated heterocycles. The Labute approximate surface area is 129 Å². The van der Waals surface area contributed by atoms with Gasteiger partial charge in [-0.3, -0.25) is 0 Å². The molecule has 0 aliphatic carbocycles. The summed E-state index contributed by atoms with van der Waals surface area (Å²) in [6.07, 6.45) is 8.30. The van der Waals surface area contributed by atoms with Crippen molar-refractivity contribution in [1.82, 2.24) is 0 Å². The lowest BCUT2D eigenvalue weighted by atomic mass is 10.0. The fourth-order valence-corrected chi connectivity index (χ4v) is 2.81. The Bertz CT molecular complexity index is 428. The molecule has 21 heavy (non-hydrogen) atoms. The van der Waals surface area contributed by atoms with Gasteiger partial charge in [0.1, 0.15) is 0 Å². The third-order valence-corrected chi connectivity index (χ3v) is 3.90. The van der Waals surface area contributed by atoms with Crippen molar-refractivity contribution in [3.8, 4) is 0 Å². The zero-order chi connectivity index (χ0) is 15.1. The average molecular weight is 288 g/mol. The molecule has 2 heteroatoms. The second kappa shape index (κ2) is 8.35. The summed E-state index contributed by atoms with van der Waals surface area (Å²) in [6.45, 7) is 6.51. The molecular weight excluding hydrogens is 260 g/mol. The number of ether oxygens (including phenoxy) is 2. The van der Waals surface area contributed by atoms with E-state index in [0.29, 0.717) is 0 Å². The predicted octanol–water partition coefficient (Wildman–Crippen LogP) is 5.19. The number of rotatable bonds is 6. The van der Waals surface area contributed by atoms with Crippen LogP contribution in [0.2, 0.25) is 0 Å². The summed E-state index contributed by atoms with van der Waals surface area (Å²) in [5.74, 6) is 0. The lowest BCUT2D eigenvalue weighted by Crippen LogP contribution is -2.36. The van der Waals surface area contributed by atoms with E-state index in [2.05, 4.69) is 51.1 Å². The van der Waals surface area contributed by atoms with Gasteiger partial charge in [-0.15, -0.1) is 0 Å². The summed E-state index contributed by atoms with van der Waals surface area (Å²) in [4.78, 5) is 0. The van der Waals surface area contributed by atoms with E-state index < -0.39 is 0 Å². The van der Waals surface area contributed by atoms with Gasteiger partial charge in [0.05, 0.1) is 12.2 Å². The molecule has 1 aliphatic heterocycles. The van der Waals surface area contributed by atoms with Gasteiger partial charge in [-0.2, -0.15) is 0 Å². The molecule has 3 atom stereocenters. The van der Waals surface area contributed by atoms with Gasteiger partial charge >= 0.3 is 0 Å². The summed E-state index contributed by atoms with van der Waals surface area (Å²) < 4.78 is 12.1. The minimum absolute atomic E-state index is 0.180. The quantitative estimate of drug-likeness (QED) is 0.671. The number of unbranched alkanes of at least 4 members (excludes halogenated alkanes) is 2. The number of hydrogen-bond acceptors (Lipinski definition) is 2. The monoisotopic (exact) mass is 288 g/mol. The Morgan fingerprint density at radius 1 is 1.10 bits per heavy atom. The van der Waals surface area contributed by atoms with Crippen LogP contribution in [0.4, 0.5) is 0 Å². The smallest absolute Gasteiger partial charge is 0.180 e. The SMILES string of the molecule is CCCCC/C(=C\c1ccccc1)C1O[C@H](C)C[C@H](C)O1. The van der Waals surface area contributed by atoms with Crippen LogP contribution in [-0.2, 0) is 9.47 Å². The Kier molecular flexibility index (Phi) is 6.47. The molecule has 0 amide bonds. The van der Waals surface area contributed by atoms with Crippen molar-refractivity contribution in [1.29, 1.82) is 0 Å². The van der Waals surface area contributed by atoms with Gasteiger partial charge in [-0.25, -0.2) is 0 Å². The number of benzene rings is 1. The third-order valence-electron chi connectivity index (χ3n) is 3.90. The molecule has 0 N–H and O–H groups in total. The molecule has 1 aromatic rings. The molecule has 0 bridgehead atoms. The van der Waals surface area contributed by atoms with Crippen molar-refractivity contribution in [3.63, 3.8) is 0 Å². The standard InChI is InChI=1S/C19H28O2/c1-4-5-7-12-18(14-17-10-8-6-9-11-17)19-20-15(2)13-16(3)21-19/h6,8-11,14-16,19H,4-5,7,12-13H2,1-3H3/b18-14+/t15-,16+,19?. The minimum atomic E-state index is -0.180.